The molecule has 1 fully saturated rings. The number of fused-ring (bicyclic) bond motifs is 1. The lowest BCUT2D eigenvalue weighted by atomic mass is 10.0. The minimum Gasteiger partial charge on any atom is -0.456 e. The van der Waals surface area contributed by atoms with Crippen LogP contribution in [0.2, 0.25) is 0 Å². The second kappa shape index (κ2) is 18.6. The maximum atomic E-state index is 12.3. The zero-order chi connectivity index (χ0) is 35.1. The highest BCUT2D eigenvalue weighted by Crippen LogP contribution is 2.37. The number of aromatic nitrogens is 2. The first-order chi connectivity index (χ1) is 22.3. The van der Waals surface area contributed by atoms with E-state index in [1.165, 1.54) is 0 Å². The van der Waals surface area contributed by atoms with Gasteiger partial charge in [0.1, 0.15) is 22.6 Å². The van der Waals surface area contributed by atoms with E-state index in [0.29, 0.717) is 61.2 Å². The van der Waals surface area contributed by atoms with Crippen molar-refractivity contribution in [2.24, 2.45) is 13.0 Å². The smallest absolute Gasteiger partial charge is 0.410 e. The Morgan fingerprint density at radius 2 is 1.79 bits per heavy atom. The van der Waals surface area contributed by atoms with Crippen molar-refractivity contribution in [3.05, 3.63) is 77.3 Å². The molecule has 256 valence electrons. The average molecular weight is 649 g/mol. The van der Waals surface area contributed by atoms with E-state index in [1.54, 1.807) is 47.1 Å². The monoisotopic (exact) mass is 648 g/mol. The Morgan fingerprint density at radius 3 is 2.34 bits per heavy atom. The molecule has 10 nitrogen and oxygen atoms in total. The molecule has 5 rings (SSSR count). The van der Waals surface area contributed by atoms with E-state index in [1.807, 2.05) is 58.9 Å². The summed E-state index contributed by atoms with van der Waals surface area (Å²) >= 11 is 0. The quantitative estimate of drug-likeness (QED) is 0.172. The van der Waals surface area contributed by atoms with Crippen molar-refractivity contribution < 1.29 is 24.5 Å². The fourth-order valence-electron chi connectivity index (χ4n) is 4.49. The van der Waals surface area contributed by atoms with Gasteiger partial charge in [-0.05, 0) is 82.3 Å². The molecule has 0 unspecified atom stereocenters. The molecule has 1 amide bonds. The van der Waals surface area contributed by atoms with Gasteiger partial charge in [-0.1, -0.05) is 39.8 Å². The van der Waals surface area contributed by atoms with Gasteiger partial charge in [0.25, 0.3) is 5.56 Å². The fourth-order valence-corrected chi connectivity index (χ4v) is 4.49. The van der Waals surface area contributed by atoms with E-state index in [-0.39, 0.29) is 17.8 Å². The zero-order valence-electron chi connectivity index (χ0n) is 29.1. The number of benzene rings is 1. The molecule has 10 heteroatoms. The minimum atomic E-state index is -0.437. The summed E-state index contributed by atoms with van der Waals surface area (Å²) in [4.78, 5) is 28.5. The SMILES string of the molecule is CC.CC(C)(C)OC(=O)N1CCC(O)CC1.CC(C)CCO.Cn1cc(-c2cc(N)ccc2Oc2cc#ccc2)c2cc[nH]c2c1=O. The van der Waals surface area contributed by atoms with E-state index < -0.39 is 5.60 Å². The first-order valence-corrected chi connectivity index (χ1v) is 16.2. The second-order valence-electron chi connectivity index (χ2n) is 12.4. The lowest BCUT2D eigenvalue weighted by Gasteiger charge is -2.31. The summed E-state index contributed by atoms with van der Waals surface area (Å²) < 4.78 is 12.8. The third-order valence-electron chi connectivity index (χ3n) is 6.87. The predicted molar refractivity (Wildman–Crippen MR) is 189 cm³/mol. The highest BCUT2D eigenvalue weighted by atomic mass is 16.6. The van der Waals surface area contributed by atoms with Gasteiger partial charge in [0.15, 0.2) is 0 Å². The number of amides is 1. The number of carbonyl (C=O) groups excluding carboxylic acids is 1. The minimum absolute atomic E-state index is 0.0803. The number of anilines is 1. The number of pyridine rings is 1. The number of aryl methyl sites for hydroxylation is 1. The van der Waals surface area contributed by atoms with Crippen LogP contribution < -0.4 is 16.0 Å². The Kier molecular flexibility index (Phi) is 15.3. The van der Waals surface area contributed by atoms with Gasteiger partial charge in [0.05, 0.1) is 6.10 Å². The first kappa shape index (κ1) is 38.7. The van der Waals surface area contributed by atoms with Gasteiger partial charge < -0.3 is 39.9 Å². The third-order valence-corrected chi connectivity index (χ3v) is 6.87. The van der Waals surface area contributed by atoms with Gasteiger partial charge in [-0.2, -0.15) is 0 Å². The summed E-state index contributed by atoms with van der Waals surface area (Å²) in [6.07, 6.45) is 5.26. The first-order valence-electron chi connectivity index (χ1n) is 16.2. The van der Waals surface area contributed by atoms with Crippen molar-refractivity contribution >= 4 is 22.7 Å². The van der Waals surface area contributed by atoms with Crippen LogP contribution >= 0.6 is 0 Å². The van der Waals surface area contributed by atoms with E-state index >= 15 is 0 Å². The lowest BCUT2D eigenvalue weighted by molar-refractivity contribution is 0.0101. The van der Waals surface area contributed by atoms with Crippen LogP contribution in [-0.2, 0) is 11.8 Å². The molecule has 1 aliphatic heterocycles. The molecule has 0 saturated carbocycles. The zero-order valence-corrected chi connectivity index (χ0v) is 29.1. The molecule has 0 bridgehead atoms. The Balaban J connectivity index is 0.000000295. The summed E-state index contributed by atoms with van der Waals surface area (Å²) in [5.74, 6) is 1.95. The summed E-state index contributed by atoms with van der Waals surface area (Å²) in [5, 5.41) is 18.3. The van der Waals surface area contributed by atoms with Gasteiger partial charge in [0, 0.05) is 67.4 Å². The number of nitrogens with two attached hydrogens (primary N) is 1. The number of aliphatic hydroxyl groups excluding tert-OH is 2. The number of nitrogens with one attached hydrogen (secondary N) is 1. The molecule has 0 spiro atoms. The van der Waals surface area contributed by atoms with Crippen molar-refractivity contribution in [2.45, 2.75) is 79.4 Å². The molecular formula is C37H52N4O6. The number of hydrogen-bond acceptors (Lipinski definition) is 7. The highest BCUT2D eigenvalue weighted by molar-refractivity contribution is 5.96. The van der Waals surface area contributed by atoms with Crippen molar-refractivity contribution in [3.63, 3.8) is 0 Å². The number of aromatic amines is 1. The van der Waals surface area contributed by atoms with Gasteiger partial charge in [0.2, 0.25) is 0 Å². The molecule has 3 heterocycles. The van der Waals surface area contributed by atoms with Crippen LogP contribution in [-0.4, -0.2) is 62.2 Å². The van der Waals surface area contributed by atoms with Gasteiger partial charge in [-0.15, -0.1) is 0 Å². The van der Waals surface area contributed by atoms with Crippen LogP contribution in [0, 0.1) is 18.1 Å². The summed E-state index contributed by atoms with van der Waals surface area (Å²) in [6.45, 7) is 15.3. The number of hydrogen-bond donors (Lipinski definition) is 4. The van der Waals surface area contributed by atoms with E-state index in [9.17, 15) is 14.7 Å². The van der Waals surface area contributed by atoms with E-state index in [2.05, 4.69) is 31.0 Å². The molecular weight excluding hydrogens is 596 g/mol. The van der Waals surface area contributed by atoms with E-state index in [4.69, 9.17) is 20.3 Å². The molecule has 47 heavy (non-hydrogen) atoms. The van der Waals surface area contributed by atoms with Crippen LogP contribution in [0.25, 0.3) is 22.0 Å². The molecule has 1 saturated heterocycles. The Labute approximate surface area is 279 Å². The molecule has 4 aromatic rings. The molecule has 0 radical (unpaired) electrons. The number of likely N-dealkylation sites (tertiary alicyclic amines) is 1. The Morgan fingerprint density at radius 1 is 1.11 bits per heavy atom. The number of aliphatic hydroxyl groups is 2. The summed E-state index contributed by atoms with van der Waals surface area (Å²) in [6, 6.07) is 18.3. The topological polar surface area (TPSA) is 143 Å². The molecule has 5 N–H and O–H groups in total. The van der Waals surface area contributed by atoms with Crippen molar-refractivity contribution in [3.8, 4) is 22.6 Å². The normalized spacial score (nSPS) is 12.9. The number of ether oxygens (including phenoxy) is 2. The number of nitrogen functional groups attached to an aromatic ring is 1. The van der Waals surface area contributed by atoms with Crippen molar-refractivity contribution in [1.29, 1.82) is 0 Å². The van der Waals surface area contributed by atoms with Gasteiger partial charge in [-0.3, -0.25) is 4.79 Å². The number of nitrogens with zero attached hydrogens (tertiary/aromatic N) is 2. The molecule has 1 aliphatic rings. The van der Waals surface area contributed by atoms with Crippen LogP contribution in [0.1, 0.15) is 67.7 Å². The number of carbonyl (C=O) groups is 1. The molecule has 2 aromatic heterocycles. The van der Waals surface area contributed by atoms with Crippen LogP contribution in [0.3, 0.4) is 0 Å². The maximum absolute atomic E-state index is 12.3. The number of rotatable bonds is 5. The largest absolute Gasteiger partial charge is 0.456 e. The van der Waals surface area contributed by atoms with Crippen molar-refractivity contribution in [1.82, 2.24) is 14.5 Å². The average Bonchev–Trinajstić information content (AvgIpc) is 3.52. The number of piperidine rings is 1. The Hall–Kier alpha value is -4.46. The number of H-pyrrole nitrogens is 1. The predicted octanol–water partition coefficient (Wildman–Crippen LogP) is 6.94. The standard InChI is InChI=1S/C20H15N3O2.C10H19NO3.C5H12O.C2H6/c1-23-12-17(15-9-10-22-19(15)20(23)24)16-11-13(21)7-8-18(16)25-14-5-3-2-4-6-14;1-10(2,3)14-9(13)11-6-4-8(12)5-7-11;1-5(2)3-4-6;1-2/h3,5-12,22H,21H2,1H3;8,12H,4-7H2,1-3H3;5-6H,3-4H2,1-2H3;1-2H3. The van der Waals surface area contributed by atoms with Crippen LogP contribution in [0.4, 0.5) is 10.5 Å². The second-order valence-corrected chi connectivity index (χ2v) is 12.4. The van der Waals surface area contributed by atoms with Crippen molar-refractivity contribution in [2.75, 3.05) is 25.4 Å². The Bertz CT molecular complexity index is 1570. The summed E-state index contributed by atoms with van der Waals surface area (Å²) in [5.41, 5.74) is 8.34. The van der Waals surface area contributed by atoms with E-state index in [0.717, 1.165) is 22.9 Å². The lowest BCUT2D eigenvalue weighted by Crippen LogP contribution is -2.42. The molecule has 0 atom stereocenters. The van der Waals surface area contributed by atoms with Gasteiger partial charge in [-0.25, -0.2) is 4.79 Å². The fraction of sp³-hybridized carbons (Fsp3) is 0.459. The molecule has 0 aliphatic carbocycles. The summed E-state index contributed by atoms with van der Waals surface area (Å²) in [7, 11) is 1.72. The third kappa shape index (κ3) is 12.3. The highest BCUT2D eigenvalue weighted by Gasteiger charge is 2.25. The van der Waals surface area contributed by atoms with Gasteiger partial charge >= 0.3 is 6.09 Å². The maximum Gasteiger partial charge on any atom is 0.410 e. The van der Waals surface area contributed by atoms with Crippen LogP contribution in [0.15, 0.2) is 59.7 Å². The van der Waals surface area contributed by atoms with Crippen LogP contribution in [0.5, 0.6) is 11.5 Å². The molecule has 2 aromatic carbocycles.